The highest BCUT2D eigenvalue weighted by Crippen LogP contribution is 2.27. The summed E-state index contributed by atoms with van der Waals surface area (Å²) in [7, 11) is -3.77. The number of sulfonamides is 1. The van der Waals surface area contributed by atoms with Gasteiger partial charge >= 0.3 is 0 Å². The van der Waals surface area contributed by atoms with Crippen LogP contribution >= 0.6 is 0 Å². The Kier molecular flexibility index (Phi) is 5.36. The van der Waals surface area contributed by atoms with Gasteiger partial charge < -0.3 is 10.1 Å². The summed E-state index contributed by atoms with van der Waals surface area (Å²) < 4.78 is 28.5. The van der Waals surface area contributed by atoms with E-state index in [1.807, 2.05) is 13.8 Å². The first-order valence-electron chi connectivity index (χ1n) is 6.64. The molecule has 0 aliphatic carbocycles. The standard InChI is InChI=1S/C14H22N2O4S/c1-8(2)16-14(17)11(5)20-12-6-7-13(21(15,18)19)10(4)9(12)3/h6-8,11H,1-5H3,(H,16,17)(H2,15,18,19). The maximum atomic E-state index is 11.8. The molecule has 1 aromatic rings. The molecule has 1 rings (SSSR count). The van der Waals surface area contributed by atoms with E-state index in [0.29, 0.717) is 16.9 Å². The smallest absolute Gasteiger partial charge is 0.260 e. The summed E-state index contributed by atoms with van der Waals surface area (Å²) in [5, 5.41) is 7.90. The van der Waals surface area contributed by atoms with Crippen LogP contribution in [0.2, 0.25) is 0 Å². The lowest BCUT2D eigenvalue weighted by Crippen LogP contribution is -2.40. The summed E-state index contributed by atoms with van der Waals surface area (Å²) in [5.74, 6) is 0.240. The highest BCUT2D eigenvalue weighted by molar-refractivity contribution is 7.89. The van der Waals surface area contributed by atoms with Crippen LogP contribution in [0.4, 0.5) is 0 Å². The van der Waals surface area contributed by atoms with Crippen LogP contribution in [0.3, 0.4) is 0 Å². The molecule has 0 radical (unpaired) electrons. The van der Waals surface area contributed by atoms with Gasteiger partial charge in [-0.3, -0.25) is 4.79 Å². The third-order valence-corrected chi connectivity index (χ3v) is 4.15. The summed E-state index contributed by atoms with van der Waals surface area (Å²) in [6.45, 7) is 8.75. The predicted molar refractivity (Wildman–Crippen MR) is 80.7 cm³/mol. The first-order valence-corrected chi connectivity index (χ1v) is 8.18. The van der Waals surface area contributed by atoms with Crippen molar-refractivity contribution in [2.75, 3.05) is 0 Å². The lowest BCUT2D eigenvalue weighted by molar-refractivity contribution is -0.127. The number of rotatable bonds is 5. The molecule has 0 saturated carbocycles. The molecule has 0 aliphatic rings. The molecule has 0 fully saturated rings. The van der Waals surface area contributed by atoms with E-state index in [1.165, 1.54) is 12.1 Å². The second kappa shape index (κ2) is 6.44. The fraction of sp³-hybridized carbons (Fsp3) is 0.500. The minimum absolute atomic E-state index is 0.0242. The summed E-state index contributed by atoms with van der Waals surface area (Å²) in [4.78, 5) is 11.9. The molecule has 1 amide bonds. The van der Waals surface area contributed by atoms with Gasteiger partial charge in [0.1, 0.15) is 5.75 Å². The van der Waals surface area contributed by atoms with E-state index >= 15 is 0 Å². The van der Waals surface area contributed by atoms with Crippen LogP contribution in [0.1, 0.15) is 31.9 Å². The number of hydrogen-bond donors (Lipinski definition) is 2. The zero-order chi connectivity index (χ0) is 16.4. The molecule has 0 spiro atoms. The van der Waals surface area contributed by atoms with Crippen molar-refractivity contribution in [2.24, 2.45) is 5.14 Å². The lowest BCUT2D eigenvalue weighted by atomic mass is 10.1. The molecule has 0 heterocycles. The van der Waals surface area contributed by atoms with Crippen molar-refractivity contribution >= 4 is 15.9 Å². The van der Waals surface area contributed by atoms with E-state index in [-0.39, 0.29) is 16.8 Å². The number of primary sulfonamides is 1. The highest BCUT2D eigenvalue weighted by Gasteiger charge is 2.19. The largest absolute Gasteiger partial charge is 0.481 e. The molecular weight excluding hydrogens is 292 g/mol. The van der Waals surface area contributed by atoms with Gasteiger partial charge in [-0.05, 0) is 57.9 Å². The van der Waals surface area contributed by atoms with Gasteiger partial charge in [-0.1, -0.05) is 0 Å². The Balaban J connectivity index is 3.02. The van der Waals surface area contributed by atoms with E-state index in [4.69, 9.17) is 9.88 Å². The molecule has 0 aromatic heterocycles. The number of carbonyl (C=O) groups excluding carboxylic acids is 1. The number of nitrogens with one attached hydrogen (secondary N) is 1. The van der Waals surface area contributed by atoms with Crippen molar-refractivity contribution < 1.29 is 17.9 Å². The molecule has 1 unspecified atom stereocenters. The van der Waals surface area contributed by atoms with E-state index in [1.54, 1.807) is 20.8 Å². The van der Waals surface area contributed by atoms with Crippen LogP contribution in [0.15, 0.2) is 17.0 Å². The lowest BCUT2D eigenvalue weighted by Gasteiger charge is -2.19. The van der Waals surface area contributed by atoms with Gasteiger partial charge in [0, 0.05) is 6.04 Å². The number of nitrogens with two attached hydrogens (primary N) is 1. The molecule has 0 bridgehead atoms. The Labute approximate surface area is 125 Å². The molecule has 21 heavy (non-hydrogen) atoms. The summed E-state index contributed by atoms with van der Waals surface area (Å²) in [6.07, 6.45) is -0.675. The zero-order valence-corrected chi connectivity index (χ0v) is 13.7. The molecule has 118 valence electrons. The van der Waals surface area contributed by atoms with Crippen molar-refractivity contribution in [2.45, 2.75) is 51.7 Å². The van der Waals surface area contributed by atoms with E-state index in [2.05, 4.69) is 5.32 Å². The Morgan fingerprint density at radius 2 is 1.76 bits per heavy atom. The van der Waals surface area contributed by atoms with Crippen LogP contribution in [-0.4, -0.2) is 26.5 Å². The maximum absolute atomic E-state index is 11.8. The average molecular weight is 314 g/mol. The SMILES string of the molecule is Cc1c(OC(C)C(=O)NC(C)C)ccc(S(N)(=O)=O)c1C. The fourth-order valence-corrected chi connectivity index (χ4v) is 2.69. The van der Waals surface area contributed by atoms with Gasteiger partial charge in [0.25, 0.3) is 5.91 Å². The molecular formula is C14H22N2O4S. The van der Waals surface area contributed by atoms with Gasteiger partial charge in [-0.2, -0.15) is 0 Å². The van der Waals surface area contributed by atoms with Gasteiger partial charge in [-0.15, -0.1) is 0 Å². The Morgan fingerprint density at radius 3 is 2.24 bits per heavy atom. The van der Waals surface area contributed by atoms with Crippen molar-refractivity contribution in [1.29, 1.82) is 0 Å². The van der Waals surface area contributed by atoms with Crippen LogP contribution in [0.5, 0.6) is 5.75 Å². The third kappa shape index (κ3) is 4.44. The molecule has 0 saturated heterocycles. The molecule has 7 heteroatoms. The number of ether oxygens (including phenoxy) is 1. The van der Waals surface area contributed by atoms with Crippen molar-refractivity contribution in [3.8, 4) is 5.75 Å². The van der Waals surface area contributed by atoms with Crippen molar-refractivity contribution in [1.82, 2.24) is 5.32 Å². The summed E-state index contributed by atoms with van der Waals surface area (Å²) >= 11 is 0. The van der Waals surface area contributed by atoms with E-state index < -0.39 is 16.1 Å². The Morgan fingerprint density at radius 1 is 1.19 bits per heavy atom. The van der Waals surface area contributed by atoms with Crippen LogP contribution in [0, 0.1) is 13.8 Å². The summed E-state index contributed by atoms with van der Waals surface area (Å²) in [6, 6.07) is 2.93. The van der Waals surface area contributed by atoms with Crippen LogP contribution in [-0.2, 0) is 14.8 Å². The van der Waals surface area contributed by atoms with Gasteiger partial charge in [0.05, 0.1) is 4.90 Å². The van der Waals surface area contributed by atoms with Gasteiger partial charge in [0.2, 0.25) is 10.0 Å². The fourth-order valence-electron chi connectivity index (χ4n) is 1.85. The highest BCUT2D eigenvalue weighted by atomic mass is 32.2. The molecule has 0 aliphatic heterocycles. The van der Waals surface area contributed by atoms with Crippen molar-refractivity contribution in [3.63, 3.8) is 0 Å². The van der Waals surface area contributed by atoms with Gasteiger partial charge in [0.15, 0.2) is 6.10 Å². The first-order chi connectivity index (χ1) is 9.54. The normalized spacial score (nSPS) is 13.1. The molecule has 6 nitrogen and oxygen atoms in total. The first kappa shape index (κ1) is 17.5. The van der Waals surface area contributed by atoms with E-state index in [0.717, 1.165) is 0 Å². The number of amides is 1. The monoisotopic (exact) mass is 314 g/mol. The minimum atomic E-state index is -3.77. The molecule has 3 N–H and O–H groups in total. The maximum Gasteiger partial charge on any atom is 0.260 e. The van der Waals surface area contributed by atoms with Crippen LogP contribution in [0.25, 0.3) is 0 Å². The zero-order valence-electron chi connectivity index (χ0n) is 12.9. The molecule has 1 atom stereocenters. The van der Waals surface area contributed by atoms with E-state index in [9.17, 15) is 13.2 Å². The van der Waals surface area contributed by atoms with Crippen molar-refractivity contribution in [3.05, 3.63) is 23.3 Å². The third-order valence-electron chi connectivity index (χ3n) is 3.10. The quantitative estimate of drug-likeness (QED) is 0.854. The average Bonchev–Trinajstić information content (AvgIpc) is 2.32. The number of carbonyl (C=O) groups is 1. The topological polar surface area (TPSA) is 98.5 Å². The number of hydrogen-bond acceptors (Lipinski definition) is 4. The molecule has 1 aromatic carbocycles. The Hall–Kier alpha value is -1.60. The second-order valence-corrected chi connectivity index (χ2v) is 6.81. The van der Waals surface area contributed by atoms with Gasteiger partial charge in [-0.25, -0.2) is 13.6 Å². The summed E-state index contributed by atoms with van der Waals surface area (Å²) in [5.41, 5.74) is 1.16. The second-order valence-electron chi connectivity index (χ2n) is 5.28. The Bertz CT molecular complexity index is 639. The minimum Gasteiger partial charge on any atom is -0.481 e. The predicted octanol–water partition coefficient (Wildman–Crippen LogP) is 1.24. The van der Waals surface area contributed by atoms with Crippen LogP contribution < -0.4 is 15.2 Å². The number of benzene rings is 1.